The van der Waals surface area contributed by atoms with Crippen LogP contribution in [0.25, 0.3) is 0 Å². The van der Waals surface area contributed by atoms with Crippen molar-refractivity contribution in [3.63, 3.8) is 0 Å². The van der Waals surface area contributed by atoms with Gasteiger partial charge in [-0.25, -0.2) is 0 Å². The van der Waals surface area contributed by atoms with Crippen molar-refractivity contribution in [3.05, 3.63) is 52.5 Å². The summed E-state index contributed by atoms with van der Waals surface area (Å²) >= 11 is 6.15. The van der Waals surface area contributed by atoms with E-state index in [1.54, 1.807) is 18.2 Å². The Hall–Kier alpha value is -2.53. The molecule has 2 amide bonds. The molecule has 2 rings (SSSR count). The zero-order valence-electron chi connectivity index (χ0n) is 15.3. The minimum Gasteiger partial charge on any atom is -0.376 e. The maximum Gasteiger partial charge on any atom is 0.243 e. The maximum absolute atomic E-state index is 12.2. The number of carbonyl (C=O) groups is 2. The lowest BCUT2D eigenvalue weighted by Crippen LogP contribution is -2.22. The van der Waals surface area contributed by atoms with E-state index >= 15 is 0 Å². The molecule has 0 heterocycles. The molecule has 3 N–H and O–H groups in total. The van der Waals surface area contributed by atoms with E-state index in [1.807, 2.05) is 32.9 Å². The number of hydrogen-bond acceptors (Lipinski definition) is 3. The smallest absolute Gasteiger partial charge is 0.243 e. The van der Waals surface area contributed by atoms with Gasteiger partial charge in [-0.3, -0.25) is 9.59 Å². The highest BCUT2D eigenvalue weighted by molar-refractivity contribution is 6.33. The lowest BCUT2D eigenvalue weighted by Gasteiger charge is -2.12. The molecule has 26 heavy (non-hydrogen) atoms. The van der Waals surface area contributed by atoms with Crippen LogP contribution in [-0.4, -0.2) is 18.4 Å². The van der Waals surface area contributed by atoms with Gasteiger partial charge in [0, 0.05) is 17.8 Å². The summed E-state index contributed by atoms with van der Waals surface area (Å²) in [7, 11) is 0. The molecule has 0 saturated carbocycles. The molecule has 0 saturated heterocycles. The van der Waals surface area contributed by atoms with E-state index in [-0.39, 0.29) is 18.4 Å². The Bertz CT molecular complexity index is 806. The molecule has 0 aliphatic heterocycles. The minimum absolute atomic E-state index is 0.0661. The van der Waals surface area contributed by atoms with Crippen molar-refractivity contribution in [1.82, 2.24) is 0 Å². The number of anilines is 3. The summed E-state index contributed by atoms with van der Waals surface area (Å²) in [5.74, 6) is -0.285. The van der Waals surface area contributed by atoms with Gasteiger partial charge in [-0.2, -0.15) is 0 Å². The Morgan fingerprint density at radius 1 is 0.962 bits per heavy atom. The fourth-order valence-electron chi connectivity index (χ4n) is 2.53. The third kappa shape index (κ3) is 5.77. The van der Waals surface area contributed by atoms with E-state index in [2.05, 4.69) is 22.0 Å². The molecule has 5 nitrogen and oxygen atoms in total. The molecular formula is C20H24ClN3O2. The molecule has 0 atom stereocenters. The van der Waals surface area contributed by atoms with Gasteiger partial charge in [-0.15, -0.1) is 0 Å². The second-order valence-electron chi connectivity index (χ2n) is 6.21. The average molecular weight is 374 g/mol. The monoisotopic (exact) mass is 373 g/mol. The van der Waals surface area contributed by atoms with Gasteiger partial charge >= 0.3 is 0 Å². The van der Waals surface area contributed by atoms with Crippen LogP contribution in [0.1, 0.15) is 30.9 Å². The second-order valence-corrected chi connectivity index (χ2v) is 6.62. The van der Waals surface area contributed by atoms with E-state index in [9.17, 15) is 9.59 Å². The molecule has 138 valence electrons. The number of hydrogen-bond donors (Lipinski definition) is 3. The first-order chi connectivity index (χ1) is 12.4. The summed E-state index contributed by atoms with van der Waals surface area (Å²) in [6, 6.07) is 11.0. The number of halogens is 1. The quantitative estimate of drug-likeness (QED) is 0.656. The Morgan fingerprint density at radius 3 is 2.42 bits per heavy atom. The van der Waals surface area contributed by atoms with Crippen LogP contribution in [-0.2, 0) is 9.59 Å². The van der Waals surface area contributed by atoms with Crippen LogP contribution in [0.2, 0.25) is 5.02 Å². The number of amides is 2. The van der Waals surface area contributed by atoms with Gasteiger partial charge < -0.3 is 16.0 Å². The van der Waals surface area contributed by atoms with Crippen LogP contribution >= 0.6 is 11.6 Å². The third-order valence-corrected chi connectivity index (χ3v) is 4.15. The van der Waals surface area contributed by atoms with Gasteiger partial charge in [0.2, 0.25) is 11.8 Å². The Labute approximate surface area is 159 Å². The zero-order chi connectivity index (χ0) is 19.1. The van der Waals surface area contributed by atoms with Crippen molar-refractivity contribution in [1.29, 1.82) is 0 Å². The topological polar surface area (TPSA) is 70.2 Å². The molecule has 0 aliphatic rings. The SMILES string of the molecule is CCCC(=O)Nc1ccc(Cl)c(NC(=O)CNc2ccc(C)cc2C)c1. The van der Waals surface area contributed by atoms with E-state index in [0.29, 0.717) is 22.8 Å². The molecule has 6 heteroatoms. The van der Waals surface area contributed by atoms with Gasteiger partial charge in [0.15, 0.2) is 0 Å². The summed E-state index contributed by atoms with van der Waals surface area (Å²) in [4.78, 5) is 23.9. The lowest BCUT2D eigenvalue weighted by atomic mass is 10.1. The van der Waals surface area contributed by atoms with Crippen LogP contribution in [0.5, 0.6) is 0 Å². The van der Waals surface area contributed by atoms with Gasteiger partial charge in [-0.05, 0) is 50.1 Å². The number of rotatable bonds is 7. The predicted octanol–water partition coefficient (Wildman–Crippen LogP) is 4.75. The van der Waals surface area contributed by atoms with Crippen molar-refractivity contribution in [2.75, 3.05) is 22.5 Å². The van der Waals surface area contributed by atoms with Crippen LogP contribution in [0.15, 0.2) is 36.4 Å². The first-order valence-corrected chi connectivity index (χ1v) is 8.97. The molecule has 0 spiro atoms. The van der Waals surface area contributed by atoms with Crippen molar-refractivity contribution in [3.8, 4) is 0 Å². The summed E-state index contributed by atoms with van der Waals surface area (Å²) in [5, 5.41) is 9.10. The van der Waals surface area contributed by atoms with Crippen molar-refractivity contribution in [2.45, 2.75) is 33.6 Å². The molecule has 0 radical (unpaired) electrons. The number of nitrogens with one attached hydrogen (secondary N) is 3. The van der Waals surface area contributed by atoms with Crippen molar-refractivity contribution < 1.29 is 9.59 Å². The molecule has 0 fully saturated rings. The molecular weight excluding hydrogens is 350 g/mol. The average Bonchev–Trinajstić information content (AvgIpc) is 2.57. The Kier molecular flexibility index (Phi) is 7.04. The van der Waals surface area contributed by atoms with Gasteiger partial charge in [0.25, 0.3) is 0 Å². The molecule has 0 aliphatic carbocycles. The fraction of sp³-hybridized carbons (Fsp3) is 0.300. The second kappa shape index (κ2) is 9.25. The summed E-state index contributed by atoms with van der Waals surface area (Å²) in [5.41, 5.74) is 4.24. The molecule has 0 aromatic heterocycles. The van der Waals surface area contributed by atoms with Gasteiger partial charge in [-0.1, -0.05) is 36.2 Å². The minimum atomic E-state index is -0.219. The largest absolute Gasteiger partial charge is 0.376 e. The van der Waals surface area contributed by atoms with Crippen molar-refractivity contribution >= 4 is 40.5 Å². The standard InChI is InChI=1S/C20H24ClN3O2/c1-4-5-19(25)23-15-7-8-16(21)18(11-15)24-20(26)12-22-17-9-6-13(2)10-14(17)3/h6-11,22H,4-5,12H2,1-3H3,(H,23,25)(H,24,26). The highest BCUT2D eigenvalue weighted by Gasteiger charge is 2.09. The van der Waals surface area contributed by atoms with Gasteiger partial charge in [0.05, 0.1) is 17.3 Å². The Balaban J connectivity index is 1.98. The van der Waals surface area contributed by atoms with E-state index < -0.39 is 0 Å². The van der Waals surface area contributed by atoms with E-state index in [1.165, 1.54) is 5.56 Å². The van der Waals surface area contributed by atoms with Crippen LogP contribution in [0.4, 0.5) is 17.1 Å². The lowest BCUT2D eigenvalue weighted by molar-refractivity contribution is -0.116. The maximum atomic E-state index is 12.2. The highest BCUT2D eigenvalue weighted by atomic mass is 35.5. The van der Waals surface area contributed by atoms with E-state index in [0.717, 1.165) is 17.7 Å². The normalized spacial score (nSPS) is 10.3. The van der Waals surface area contributed by atoms with Crippen molar-refractivity contribution in [2.24, 2.45) is 0 Å². The third-order valence-electron chi connectivity index (χ3n) is 3.82. The highest BCUT2D eigenvalue weighted by Crippen LogP contribution is 2.26. The number of benzene rings is 2. The fourth-order valence-corrected chi connectivity index (χ4v) is 2.70. The molecule has 2 aromatic carbocycles. The Morgan fingerprint density at radius 2 is 1.73 bits per heavy atom. The predicted molar refractivity (Wildman–Crippen MR) is 108 cm³/mol. The van der Waals surface area contributed by atoms with E-state index in [4.69, 9.17) is 11.6 Å². The van der Waals surface area contributed by atoms with Crippen LogP contribution < -0.4 is 16.0 Å². The van der Waals surface area contributed by atoms with Gasteiger partial charge in [0.1, 0.15) is 0 Å². The summed E-state index contributed by atoms with van der Waals surface area (Å²) in [6.45, 7) is 6.08. The zero-order valence-corrected chi connectivity index (χ0v) is 16.0. The summed E-state index contributed by atoms with van der Waals surface area (Å²) < 4.78 is 0. The van der Waals surface area contributed by atoms with Crippen LogP contribution in [0.3, 0.4) is 0 Å². The first kappa shape index (κ1) is 19.8. The molecule has 0 unspecified atom stereocenters. The molecule has 2 aromatic rings. The first-order valence-electron chi connectivity index (χ1n) is 8.59. The molecule has 0 bridgehead atoms. The summed E-state index contributed by atoms with van der Waals surface area (Å²) in [6.07, 6.45) is 1.22. The number of carbonyl (C=O) groups excluding carboxylic acids is 2. The van der Waals surface area contributed by atoms with Crippen LogP contribution in [0, 0.1) is 13.8 Å². The number of aryl methyl sites for hydroxylation is 2.